The summed E-state index contributed by atoms with van der Waals surface area (Å²) in [5.74, 6) is 2.85. The predicted molar refractivity (Wildman–Crippen MR) is 102 cm³/mol. The minimum absolute atomic E-state index is 0.0976. The van der Waals surface area contributed by atoms with Gasteiger partial charge in [-0.25, -0.2) is 4.98 Å². The van der Waals surface area contributed by atoms with E-state index in [-0.39, 0.29) is 11.9 Å². The van der Waals surface area contributed by atoms with Gasteiger partial charge in [0.15, 0.2) is 0 Å². The second-order valence-corrected chi connectivity index (χ2v) is 6.87. The van der Waals surface area contributed by atoms with E-state index in [2.05, 4.69) is 17.1 Å². The van der Waals surface area contributed by atoms with Crippen LogP contribution in [0.5, 0.6) is 11.5 Å². The standard InChI is InChI=1S/C20H27N3O4/c1-12-10-21-18(24)8-9-23(12)11-16-14(3)27-20(22-16)15-6-7-17(25-4)13(2)19(15)26-5/h6-7,12H,8-11H2,1-5H3,(H,21,24)/t12-/m0/s1. The molecule has 0 unspecified atom stereocenters. The highest BCUT2D eigenvalue weighted by molar-refractivity contribution is 5.76. The van der Waals surface area contributed by atoms with Crippen LogP contribution in [0.2, 0.25) is 0 Å². The molecule has 1 amide bonds. The lowest BCUT2D eigenvalue weighted by Crippen LogP contribution is -2.37. The van der Waals surface area contributed by atoms with Crippen molar-refractivity contribution in [2.24, 2.45) is 0 Å². The first-order chi connectivity index (χ1) is 12.9. The molecule has 0 aliphatic carbocycles. The minimum atomic E-state index is 0.0976. The molecule has 146 valence electrons. The number of benzene rings is 1. The number of hydrogen-bond acceptors (Lipinski definition) is 6. The Labute approximate surface area is 159 Å². The number of methoxy groups -OCH3 is 2. The summed E-state index contributed by atoms with van der Waals surface area (Å²) >= 11 is 0. The average Bonchev–Trinajstić information content (AvgIpc) is 2.94. The number of nitrogens with one attached hydrogen (secondary N) is 1. The zero-order chi connectivity index (χ0) is 19.6. The summed E-state index contributed by atoms with van der Waals surface area (Å²) in [6.07, 6.45) is 0.500. The number of rotatable bonds is 5. The zero-order valence-electron chi connectivity index (χ0n) is 16.6. The Hall–Kier alpha value is -2.54. The highest BCUT2D eigenvalue weighted by Gasteiger charge is 2.24. The Morgan fingerprint density at radius 2 is 2.07 bits per heavy atom. The number of amides is 1. The number of hydrogen-bond donors (Lipinski definition) is 1. The van der Waals surface area contributed by atoms with Gasteiger partial charge in [0.05, 0.1) is 25.5 Å². The lowest BCUT2D eigenvalue weighted by Gasteiger charge is -2.25. The molecule has 1 aliphatic rings. The number of carbonyl (C=O) groups excluding carboxylic acids is 1. The van der Waals surface area contributed by atoms with Crippen molar-refractivity contribution in [1.82, 2.24) is 15.2 Å². The van der Waals surface area contributed by atoms with Gasteiger partial charge in [-0.05, 0) is 32.9 Å². The molecule has 3 rings (SSSR count). The lowest BCUT2D eigenvalue weighted by atomic mass is 10.1. The number of oxazole rings is 1. The van der Waals surface area contributed by atoms with Gasteiger partial charge in [0.25, 0.3) is 0 Å². The molecular formula is C20H27N3O4. The molecule has 1 atom stereocenters. The molecule has 27 heavy (non-hydrogen) atoms. The van der Waals surface area contributed by atoms with Gasteiger partial charge in [0.2, 0.25) is 11.8 Å². The molecule has 0 bridgehead atoms. The number of nitrogens with zero attached hydrogens (tertiary/aromatic N) is 2. The van der Waals surface area contributed by atoms with Crippen molar-refractivity contribution in [3.05, 3.63) is 29.2 Å². The summed E-state index contributed by atoms with van der Waals surface area (Å²) in [7, 11) is 3.27. The third-order valence-corrected chi connectivity index (χ3v) is 5.10. The van der Waals surface area contributed by atoms with Crippen molar-refractivity contribution >= 4 is 5.91 Å². The van der Waals surface area contributed by atoms with Crippen LogP contribution >= 0.6 is 0 Å². The SMILES string of the molecule is COc1ccc(-c2nc(CN3CCC(=O)NC[C@@H]3C)c(C)o2)c(OC)c1C. The Kier molecular flexibility index (Phi) is 5.70. The predicted octanol–water partition coefficient (Wildman–Crippen LogP) is 2.69. The quantitative estimate of drug-likeness (QED) is 0.868. The molecule has 2 aromatic rings. The third kappa shape index (κ3) is 3.93. The van der Waals surface area contributed by atoms with E-state index >= 15 is 0 Å². The highest BCUT2D eigenvalue weighted by atomic mass is 16.5. The van der Waals surface area contributed by atoms with E-state index in [1.54, 1.807) is 14.2 Å². The monoisotopic (exact) mass is 373 g/mol. The second-order valence-electron chi connectivity index (χ2n) is 6.87. The number of aryl methyl sites for hydroxylation is 1. The fraction of sp³-hybridized carbons (Fsp3) is 0.500. The van der Waals surface area contributed by atoms with Crippen LogP contribution in [0.4, 0.5) is 0 Å². The van der Waals surface area contributed by atoms with E-state index in [1.807, 2.05) is 26.0 Å². The summed E-state index contributed by atoms with van der Waals surface area (Å²) < 4.78 is 16.9. The maximum absolute atomic E-state index is 11.6. The van der Waals surface area contributed by atoms with E-state index in [0.29, 0.717) is 37.7 Å². The lowest BCUT2D eigenvalue weighted by molar-refractivity contribution is -0.120. The molecule has 7 heteroatoms. The van der Waals surface area contributed by atoms with Crippen LogP contribution in [0.3, 0.4) is 0 Å². The molecule has 1 aromatic carbocycles. The smallest absolute Gasteiger partial charge is 0.230 e. The maximum atomic E-state index is 11.6. The topological polar surface area (TPSA) is 76.8 Å². The highest BCUT2D eigenvalue weighted by Crippen LogP contribution is 2.38. The molecular weight excluding hydrogens is 346 g/mol. The van der Waals surface area contributed by atoms with E-state index in [0.717, 1.165) is 28.3 Å². The number of ether oxygens (including phenoxy) is 2. The van der Waals surface area contributed by atoms with Crippen LogP contribution in [-0.4, -0.2) is 49.1 Å². The molecule has 2 heterocycles. The maximum Gasteiger partial charge on any atom is 0.230 e. The zero-order valence-corrected chi connectivity index (χ0v) is 16.6. The molecule has 1 N–H and O–H groups in total. The molecule has 7 nitrogen and oxygen atoms in total. The molecule has 1 saturated heterocycles. The van der Waals surface area contributed by atoms with E-state index in [4.69, 9.17) is 18.9 Å². The van der Waals surface area contributed by atoms with Gasteiger partial charge in [-0.1, -0.05) is 0 Å². The first-order valence-electron chi connectivity index (χ1n) is 9.13. The molecule has 1 fully saturated rings. The van der Waals surface area contributed by atoms with Crippen molar-refractivity contribution in [1.29, 1.82) is 0 Å². The summed E-state index contributed by atoms with van der Waals surface area (Å²) in [5, 5.41) is 2.93. The van der Waals surface area contributed by atoms with E-state index in [9.17, 15) is 4.79 Å². The summed E-state index contributed by atoms with van der Waals surface area (Å²) in [4.78, 5) is 18.6. The van der Waals surface area contributed by atoms with Gasteiger partial charge < -0.3 is 19.2 Å². The van der Waals surface area contributed by atoms with Crippen LogP contribution in [-0.2, 0) is 11.3 Å². The summed E-state index contributed by atoms with van der Waals surface area (Å²) in [6, 6.07) is 4.03. The molecule has 1 aromatic heterocycles. The summed E-state index contributed by atoms with van der Waals surface area (Å²) in [5.41, 5.74) is 2.58. The van der Waals surface area contributed by atoms with Crippen LogP contribution in [0.25, 0.3) is 11.5 Å². The van der Waals surface area contributed by atoms with Crippen molar-refractivity contribution in [2.45, 2.75) is 39.8 Å². The fourth-order valence-corrected chi connectivity index (χ4v) is 3.39. The normalized spacial score (nSPS) is 18.1. The first-order valence-corrected chi connectivity index (χ1v) is 9.13. The number of carbonyl (C=O) groups is 1. The first kappa shape index (κ1) is 19.2. The van der Waals surface area contributed by atoms with Crippen molar-refractivity contribution in [2.75, 3.05) is 27.3 Å². The Morgan fingerprint density at radius 1 is 1.30 bits per heavy atom. The van der Waals surface area contributed by atoms with Crippen LogP contribution in [0, 0.1) is 13.8 Å². The Balaban J connectivity index is 1.89. The van der Waals surface area contributed by atoms with Gasteiger partial charge in [-0.3, -0.25) is 9.69 Å². The van der Waals surface area contributed by atoms with Crippen LogP contribution < -0.4 is 14.8 Å². The van der Waals surface area contributed by atoms with Gasteiger partial charge >= 0.3 is 0 Å². The fourth-order valence-electron chi connectivity index (χ4n) is 3.39. The molecule has 0 saturated carbocycles. The third-order valence-electron chi connectivity index (χ3n) is 5.10. The van der Waals surface area contributed by atoms with Gasteiger partial charge in [0.1, 0.15) is 17.3 Å². The van der Waals surface area contributed by atoms with Crippen LogP contribution in [0.15, 0.2) is 16.5 Å². The molecule has 0 spiro atoms. The minimum Gasteiger partial charge on any atom is -0.496 e. The molecule has 0 radical (unpaired) electrons. The van der Waals surface area contributed by atoms with Crippen molar-refractivity contribution < 1.29 is 18.7 Å². The van der Waals surface area contributed by atoms with Crippen molar-refractivity contribution in [3.63, 3.8) is 0 Å². The van der Waals surface area contributed by atoms with E-state index in [1.165, 1.54) is 0 Å². The molecule has 1 aliphatic heterocycles. The van der Waals surface area contributed by atoms with Crippen LogP contribution in [0.1, 0.15) is 30.4 Å². The number of aromatic nitrogens is 1. The second kappa shape index (κ2) is 8.00. The summed E-state index contributed by atoms with van der Waals surface area (Å²) in [6.45, 7) is 7.97. The van der Waals surface area contributed by atoms with E-state index < -0.39 is 0 Å². The van der Waals surface area contributed by atoms with Crippen molar-refractivity contribution in [3.8, 4) is 23.0 Å². The van der Waals surface area contributed by atoms with Gasteiger partial charge in [-0.2, -0.15) is 0 Å². The largest absolute Gasteiger partial charge is 0.496 e. The average molecular weight is 373 g/mol. The van der Waals surface area contributed by atoms with Gasteiger partial charge in [-0.15, -0.1) is 0 Å². The Morgan fingerprint density at radius 3 is 2.78 bits per heavy atom. The van der Waals surface area contributed by atoms with Gasteiger partial charge in [0, 0.05) is 37.7 Å². The Bertz CT molecular complexity index is 831.